The largest absolute Gasteiger partial charge is 0.453 e. The molecule has 0 saturated heterocycles. The molecule has 1 unspecified atom stereocenters. The highest BCUT2D eigenvalue weighted by molar-refractivity contribution is 5.68. The van der Waals surface area contributed by atoms with Gasteiger partial charge in [0, 0.05) is 18.3 Å². The van der Waals surface area contributed by atoms with E-state index in [1.165, 1.54) is 12.7 Å². The van der Waals surface area contributed by atoms with Crippen molar-refractivity contribution in [1.82, 2.24) is 10.2 Å². The molecule has 4 heteroatoms. The molecule has 82 valence electrons. The molecule has 2 aliphatic heterocycles. The first-order valence-corrected chi connectivity index (χ1v) is 5.20. The van der Waals surface area contributed by atoms with Crippen LogP contribution in [-0.4, -0.2) is 37.2 Å². The van der Waals surface area contributed by atoms with Gasteiger partial charge in [0.15, 0.2) is 0 Å². The van der Waals surface area contributed by atoms with Gasteiger partial charge >= 0.3 is 6.09 Å². The molecule has 15 heavy (non-hydrogen) atoms. The number of rotatable bonds is 0. The minimum atomic E-state index is -0.245. The molecular weight excluding hydrogens is 192 g/mol. The van der Waals surface area contributed by atoms with E-state index in [0.717, 1.165) is 18.7 Å². The summed E-state index contributed by atoms with van der Waals surface area (Å²) in [6.07, 6.45) is 4.96. The number of allylic oxidation sites excluding steroid dienone is 1. The van der Waals surface area contributed by atoms with E-state index in [9.17, 15) is 4.79 Å². The van der Waals surface area contributed by atoms with E-state index in [0.29, 0.717) is 12.6 Å². The summed E-state index contributed by atoms with van der Waals surface area (Å²) in [6, 6.07) is 0.348. The number of carbonyl (C=O) groups is 1. The van der Waals surface area contributed by atoms with Crippen LogP contribution in [-0.2, 0) is 4.74 Å². The van der Waals surface area contributed by atoms with Gasteiger partial charge in [-0.1, -0.05) is 12.2 Å². The van der Waals surface area contributed by atoms with Crippen LogP contribution >= 0.6 is 0 Å². The van der Waals surface area contributed by atoms with Crippen LogP contribution in [0.4, 0.5) is 4.79 Å². The summed E-state index contributed by atoms with van der Waals surface area (Å²) < 4.78 is 4.71. The average Bonchev–Trinajstić information content (AvgIpc) is 2.27. The molecular formula is C11H16N2O2. The minimum absolute atomic E-state index is 0.245. The number of hydrogen-bond donors (Lipinski definition) is 1. The summed E-state index contributed by atoms with van der Waals surface area (Å²) in [5, 5.41) is 3.37. The third-order valence-electron chi connectivity index (χ3n) is 2.81. The van der Waals surface area contributed by atoms with Crippen molar-refractivity contribution in [3.63, 3.8) is 0 Å². The molecule has 0 fully saturated rings. The fourth-order valence-electron chi connectivity index (χ4n) is 1.97. The van der Waals surface area contributed by atoms with Crippen molar-refractivity contribution in [2.45, 2.75) is 19.4 Å². The van der Waals surface area contributed by atoms with Crippen LogP contribution in [0, 0.1) is 0 Å². The second kappa shape index (κ2) is 3.96. The Morgan fingerprint density at radius 1 is 1.67 bits per heavy atom. The summed E-state index contributed by atoms with van der Waals surface area (Å²) in [4.78, 5) is 13.1. The smallest absolute Gasteiger partial charge is 0.409 e. The van der Waals surface area contributed by atoms with Crippen LogP contribution in [0.3, 0.4) is 0 Å². The van der Waals surface area contributed by atoms with Gasteiger partial charge in [0.2, 0.25) is 0 Å². The standard InChI is InChI=1S/C11H16N2O2/c1-8-3-4-9-5-6-13(11(14)15-2)7-10(9)12-8/h3-4,8,12H,5-7H2,1-2H3. The van der Waals surface area contributed by atoms with Crippen molar-refractivity contribution in [2.75, 3.05) is 20.2 Å². The summed E-state index contributed by atoms with van der Waals surface area (Å²) >= 11 is 0. The van der Waals surface area contributed by atoms with E-state index < -0.39 is 0 Å². The van der Waals surface area contributed by atoms with Crippen molar-refractivity contribution in [1.29, 1.82) is 0 Å². The second-order valence-electron chi connectivity index (χ2n) is 3.94. The van der Waals surface area contributed by atoms with Crippen molar-refractivity contribution in [3.8, 4) is 0 Å². The lowest BCUT2D eigenvalue weighted by molar-refractivity contribution is 0.124. The third kappa shape index (κ3) is 1.98. The molecule has 0 aromatic rings. The van der Waals surface area contributed by atoms with Gasteiger partial charge in [-0.05, 0) is 18.9 Å². The Morgan fingerprint density at radius 3 is 3.20 bits per heavy atom. The van der Waals surface area contributed by atoms with Gasteiger partial charge in [-0.3, -0.25) is 0 Å². The zero-order valence-corrected chi connectivity index (χ0v) is 9.12. The molecule has 0 radical (unpaired) electrons. The molecule has 1 amide bonds. The number of hydrogen-bond acceptors (Lipinski definition) is 3. The molecule has 0 aliphatic carbocycles. The Hall–Kier alpha value is -1.45. The molecule has 4 nitrogen and oxygen atoms in total. The zero-order chi connectivity index (χ0) is 10.8. The fraction of sp³-hybridized carbons (Fsp3) is 0.545. The van der Waals surface area contributed by atoms with Crippen molar-refractivity contribution >= 4 is 6.09 Å². The van der Waals surface area contributed by atoms with Crippen LogP contribution in [0.5, 0.6) is 0 Å². The Labute approximate surface area is 89.6 Å². The van der Waals surface area contributed by atoms with Crippen molar-refractivity contribution in [2.24, 2.45) is 0 Å². The Morgan fingerprint density at radius 2 is 2.47 bits per heavy atom. The predicted molar refractivity (Wildman–Crippen MR) is 57.4 cm³/mol. The summed E-state index contributed by atoms with van der Waals surface area (Å²) in [6.45, 7) is 3.47. The monoisotopic (exact) mass is 208 g/mol. The van der Waals surface area contributed by atoms with Crippen LogP contribution in [0.2, 0.25) is 0 Å². The van der Waals surface area contributed by atoms with Crippen LogP contribution in [0.25, 0.3) is 0 Å². The molecule has 2 aliphatic rings. The lowest BCUT2D eigenvalue weighted by Crippen LogP contribution is -2.42. The first-order chi connectivity index (χ1) is 7.20. The van der Waals surface area contributed by atoms with E-state index in [1.54, 1.807) is 4.90 Å². The molecule has 0 bridgehead atoms. The van der Waals surface area contributed by atoms with Gasteiger partial charge in [-0.25, -0.2) is 4.79 Å². The van der Waals surface area contributed by atoms with Gasteiger partial charge in [0.05, 0.1) is 13.7 Å². The minimum Gasteiger partial charge on any atom is -0.453 e. The maximum atomic E-state index is 11.4. The maximum absolute atomic E-state index is 11.4. The Balaban J connectivity index is 2.09. The SMILES string of the molecule is COC(=O)N1CCC2=C(C1)NC(C)C=C2. The van der Waals surface area contributed by atoms with E-state index in [4.69, 9.17) is 4.74 Å². The van der Waals surface area contributed by atoms with Crippen LogP contribution in [0.15, 0.2) is 23.4 Å². The first kappa shape index (κ1) is 10.1. The van der Waals surface area contributed by atoms with Gasteiger partial charge in [0.25, 0.3) is 0 Å². The highest BCUT2D eigenvalue weighted by Crippen LogP contribution is 2.21. The van der Waals surface area contributed by atoms with Crippen molar-refractivity contribution < 1.29 is 9.53 Å². The molecule has 2 rings (SSSR count). The number of carbonyl (C=O) groups excluding carboxylic acids is 1. The quantitative estimate of drug-likeness (QED) is 0.651. The van der Waals surface area contributed by atoms with Crippen LogP contribution < -0.4 is 5.32 Å². The third-order valence-corrected chi connectivity index (χ3v) is 2.81. The Bertz CT molecular complexity index is 333. The normalized spacial score (nSPS) is 24.7. The molecule has 0 aromatic carbocycles. The average molecular weight is 208 g/mol. The maximum Gasteiger partial charge on any atom is 0.409 e. The lowest BCUT2D eigenvalue weighted by Gasteiger charge is -2.32. The van der Waals surface area contributed by atoms with E-state index in [1.807, 2.05) is 0 Å². The van der Waals surface area contributed by atoms with Gasteiger partial charge in [-0.15, -0.1) is 0 Å². The number of dihydropyridines is 1. The Kier molecular flexibility index (Phi) is 2.66. The number of ether oxygens (including phenoxy) is 1. The second-order valence-corrected chi connectivity index (χ2v) is 3.94. The number of methoxy groups -OCH3 is 1. The van der Waals surface area contributed by atoms with E-state index >= 15 is 0 Å². The lowest BCUT2D eigenvalue weighted by atomic mass is 10.0. The molecule has 1 atom stereocenters. The van der Waals surface area contributed by atoms with Gasteiger partial charge < -0.3 is 15.0 Å². The highest BCUT2D eigenvalue weighted by Gasteiger charge is 2.24. The summed E-state index contributed by atoms with van der Waals surface area (Å²) in [7, 11) is 1.42. The summed E-state index contributed by atoms with van der Waals surface area (Å²) in [5.41, 5.74) is 2.47. The number of amides is 1. The van der Waals surface area contributed by atoms with E-state index in [2.05, 4.69) is 24.4 Å². The van der Waals surface area contributed by atoms with Crippen LogP contribution in [0.1, 0.15) is 13.3 Å². The molecule has 2 heterocycles. The zero-order valence-electron chi connectivity index (χ0n) is 9.12. The highest BCUT2D eigenvalue weighted by atomic mass is 16.5. The molecule has 0 aromatic heterocycles. The van der Waals surface area contributed by atoms with Gasteiger partial charge in [0.1, 0.15) is 0 Å². The molecule has 0 saturated carbocycles. The fourth-order valence-corrected chi connectivity index (χ4v) is 1.97. The van der Waals surface area contributed by atoms with Gasteiger partial charge in [-0.2, -0.15) is 0 Å². The molecule has 1 N–H and O–H groups in total. The summed E-state index contributed by atoms with van der Waals surface area (Å²) in [5.74, 6) is 0. The topological polar surface area (TPSA) is 41.6 Å². The molecule has 0 spiro atoms. The number of nitrogens with zero attached hydrogens (tertiary/aromatic N) is 1. The van der Waals surface area contributed by atoms with Crippen molar-refractivity contribution in [3.05, 3.63) is 23.4 Å². The first-order valence-electron chi connectivity index (χ1n) is 5.20. The van der Waals surface area contributed by atoms with E-state index in [-0.39, 0.29) is 6.09 Å². The number of nitrogens with one attached hydrogen (secondary N) is 1. The predicted octanol–water partition coefficient (Wildman–Crippen LogP) is 1.26.